The Hall–Kier alpha value is -3.21. The molecule has 0 aliphatic carbocycles. The van der Waals surface area contributed by atoms with Crippen molar-refractivity contribution < 1.29 is 9.32 Å². The van der Waals surface area contributed by atoms with Gasteiger partial charge in [0.05, 0.1) is 6.21 Å². The third-order valence-corrected chi connectivity index (χ3v) is 3.26. The molecule has 3 aromatic rings. The molecule has 1 amide bonds. The van der Waals surface area contributed by atoms with Gasteiger partial charge in [0.25, 0.3) is 5.91 Å². The summed E-state index contributed by atoms with van der Waals surface area (Å²) in [6.45, 7) is 2.01. The van der Waals surface area contributed by atoms with Crippen molar-refractivity contribution in [2.24, 2.45) is 5.10 Å². The van der Waals surface area contributed by atoms with Crippen LogP contribution < -0.4 is 5.43 Å². The summed E-state index contributed by atoms with van der Waals surface area (Å²) in [4.78, 5) is 12.0. The summed E-state index contributed by atoms with van der Waals surface area (Å²) < 4.78 is 5.19. The van der Waals surface area contributed by atoms with Crippen molar-refractivity contribution in [3.05, 3.63) is 77.5 Å². The van der Waals surface area contributed by atoms with Crippen LogP contribution in [0.5, 0.6) is 0 Å². The first-order chi connectivity index (χ1) is 11.2. The summed E-state index contributed by atoms with van der Waals surface area (Å²) in [6.07, 6.45) is 1.58. The first-order valence-electron chi connectivity index (χ1n) is 7.14. The number of hydrazone groups is 1. The summed E-state index contributed by atoms with van der Waals surface area (Å²) in [5, 5.41) is 7.69. The summed E-state index contributed by atoms with van der Waals surface area (Å²) >= 11 is 0. The van der Waals surface area contributed by atoms with Crippen molar-refractivity contribution in [1.29, 1.82) is 0 Å². The number of aromatic nitrogens is 1. The number of benzene rings is 2. The Kier molecular flexibility index (Phi) is 4.29. The fourth-order valence-electron chi connectivity index (χ4n) is 2.00. The fourth-order valence-corrected chi connectivity index (χ4v) is 2.00. The molecule has 1 aromatic heterocycles. The molecule has 1 heterocycles. The number of nitrogens with zero attached hydrogens (tertiary/aromatic N) is 2. The van der Waals surface area contributed by atoms with E-state index in [0.29, 0.717) is 5.76 Å². The molecule has 0 radical (unpaired) electrons. The first kappa shape index (κ1) is 14.7. The van der Waals surface area contributed by atoms with Crippen LogP contribution in [0, 0.1) is 6.92 Å². The van der Waals surface area contributed by atoms with Gasteiger partial charge in [0, 0.05) is 11.6 Å². The number of amides is 1. The molecule has 5 nitrogen and oxygen atoms in total. The van der Waals surface area contributed by atoms with Gasteiger partial charge in [-0.15, -0.1) is 0 Å². The Morgan fingerprint density at radius 1 is 1.13 bits per heavy atom. The van der Waals surface area contributed by atoms with Crippen LogP contribution in [-0.2, 0) is 0 Å². The van der Waals surface area contributed by atoms with Crippen LogP contribution >= 0.6 is 0 Å². The van der Waals surface area contributed by atoms with Gasteiger partial charge in [-0.1, -0.05) is 65.3 Å². The maximum Gasteiger partial charge on any atom is 0.293 e. The molecule has 0 fully saturated rings. The Morgan fingerprint density at radius 2 is 1.87 bits per heavy atom. The second kappa shape index (κ2) is 6.70. The minimum atomic E-state index is -0.417. The standard InChI is InChI=1S/C18H15N3O2/c1-13-7-9-14(10-8-13)12-19-20-18(22)16-11-17(23-21-16)15-5-3-2-4-6-15/h2-12H,1H3,(H,20,22)/b19-12+. The van der Waals surface area contributed by atoms with Gasteiger partial charge >= 0.3 is 0 Å². The van der Waals surface area contributed by atoms with E-state index in [9.17, 15) is 4.79 Å². The predicted molar refractivity (Wildman–Crippen MR) is 88.2 cm³/mol. The molecular formula is C18H15N3O2. The van der Waals surface area contributed by atoms with Crippen molar-refractivity contribution in [3.63, 3.8) is 0 Å². The second-order valence-corrected chi connectivity index (χ2v) is 5.05. The van der Waals surface area contributed by atoms with Crippen molar-refractivity contribution >= 4 is 12.1 Å². The lowest BCUT2D eigenvalue weighted by molar-refractivity contribution is 0.0946. The quantitative estimate of drug-likeness (QED) is 0.593. The Labute approximate surface area is 133 Å². The lowest BCUT2D eigenvalue weighted by Gasteiger charge is -1.96. The molecule has 1 N–H and O–H groups in total. The summed E-state index contributed by atoms with van der Waals surface area (Å²) in [7, 11) is 0. The normalized spacial score (nSPS) is 10.8. The molecule has 2 aromatic carbocycles. The van der Waals surface area contributed by atoms with Crippen LogP contribution in [0.4, 0.5) is 0 Å². The van der Waals surface area contributed by atoms with Crippen molar-refractivity contribution in [3.8, 4) is 11.3 Å². The number of rotatable bonds is 4. The largest absolute Gasteiger partial charge is 0.355 e. The molecular weight excluding hydrogens is 290 g/mol. The van der Waals surface area contributed by atoms with E-state index >= 15 is 0 Å². The van der Waals surface area contributed by atoms with E-state index in [0.717, 1.165) is 11.1 Å². The SMILES string of the molecule is Cc1ccc(/C=N/NC(=O)c2cc(-c3ccccc3)on2)cc1. The van der Waals surface area contributed by atoms with Crippen LogP contribution in [0.25, 0.3) is 11.3 Å². The minimum absolute atomic E-state index is 0.185. The van der Waals surface area contributed by atoms with Crippen molar-refractivity contribution in [1.82, 2.24) is 10.6 Å². The van der Waals surface area contributed by atoms with E-state index in [1.54, 1.807) is 12.3 Å². The molecule has 0 saturated heterocycles. The van der Waals surface area contributed by atoms with Crippen LogP contribution in [-0.4, -0.2) is 17.3 Å². The second-order valence-electron chi connectivity index (χ2n) is 5.05. The monoisotopic (exact) mass is 305 g/mol. The zero-order chi connectivity index (χ0) is 16.1. The third kappa shape index (κ3) is 3.71. The van der Waals surface area contributed by atoms with Gasteiger partial charge < -0.3 is 4.52 Å². The average Bonchev–Trinajstić information content (AvgIpc) is 3.07. The Bertz CT molecular complexity index is 821. The molecule has 23 heavy (non-hydrogen) atoms. The molecule has 0 atom stereocenters. The highest BCUT2D eigenvalue weighted by molar-refractivity contribution is 5.93. The van der Waals surface area contributed by atoms with Gasteiger partial charge in [0.2, 0.25) is 0 Å². The Morgan fingerprint density at radius 3 is 2.61 bits per heavy atom. The van der Waals surface area contributed by atoms with Crippen LogP contribution in [0.15, 0.2) is 70.3 Å². The van der Waals surface area contributed by atoms with E-state index in [4.69, 9.17) is 4.52 Å². The number of carbonyl (C=O) groups excluding carboxylic acids is 1. The van der Waals surface area contributed by atoms with Gasteiger partial charge in [-0.25, -0.2) is 5.43 Å². The highest BCUT2D eigenvalue weighted by atomic mass is 16.5. The van der Waals surface area contributed by atoms with Crippen molar-refractivity contribution in [2.75, 3.05) is 0 Å². The summed E-state index contributed by atoms with van der Waals surface area (Å²) in [5.41, 5.74) is 5.56. The maximum atomic E-state index is 12.0. The van der Waals surface area contributed by atoms with E-state index in [1.165, 1.54) is 5.56 Å². The third-order valence-electron chi connectivity index (χ3n) is 3.26. The fraction of sp³-hybridized carbons (Fsp3) is 0.0556. The molecule has 0 saturated carbocycles. The molecule has 0 aliphatic rings. The summed E-state index contributed by atoms with van der Waals surface area (Å²) in [6, 6.07) is 18.9. The van der Waals surface area contributed by atoms with Gasteiger partial charge in [-0.05, 0) is 12.5 Å². The first-order valence-corrected chi connectivity index (χ1v) is 7.14. The van der Waals surface area contributed by atoms with Gasteiger partial charge in [-0.2, -0.15) is 5.10 Å². The number of aryl methyl sites for hydroxylation is 1. The smallest absolute Gasteiger partial charge is 0.293 e. The zero-order valence-corrected chi connectivity index (χ0v) is 12.6. The molecule has 0 spiro atoms. The molecule has 0 unspecified atom stereocenters. The highest BCUT2D eigenvalue weighted by Gasteiger charge is 2.12. The average molecular weight is 305 g/mol. The molecule has 114 valence electrons. The van der Waals surface area contributed by atoms with Crippen LogP contribution in [0.3, 0.4) is 0 Å². The van der Waals surface area contributed by atoms with Crippen LogP contribution in [0.2, 0.25) is 0 Å². The van der Waals surface area contributed by atoms with E-state index in [-0.39, 0.29) is 5.69 Å². The molecule has 0 bridgehead atoms. The van der Waals surface area contributed by atoms with Gasteiger partial charge in [0.15, 0.2) is 11.5 Å². The Balaban J connectivity index is 1.65. The van der Waals surface area contributed by atoms with Crippen LogP contribution in [0.1, 0.15) is 21.6 Å². The lowest BCUT2D eigenvalue weighted by Crippen LogP contribution is -2.17. The topological polar surface area (TPSA) is 67.5 Å². The van der Waals surface area contributed by atoms with Crippen molar-refractivity contribution in [2.45, 2.75) is 6.92 Å². The van der Waals surface area contributed by atoms with Gasteiger partial charge in [-0.3, -0.25) is 4.79 Å². The molecule has 3 rings (SSSR count). The van der Waals surface area contributed by atoms with E-state index in [2.05, 4.69) is 15.7 Å². The summed E-state index contributed by atoms with van der Waals surface area (Å²) in [5.74, 6) is 0.123. The molecule has 5 heteroatoms. The maximum absolute atomic E-state index is 12.0. The lowest BCUT2D eigenvalue weighted by atomic mass is 10.1. The zero-order valence-electron chi connectivity index (χ0n) is 12.6. The number of hydrogen-bond acceptors (Lipinski definition) is 4. The molecule has 0 aliphatic heterocycles. The number of carbonyl (C=O) groups is 1. The van der Waals surface area contributed by atoms with E-state index in [1.807, 2.05) is 61.5 Å². The minimum Gasteiger partial charge on any atom is -0.355 e. The van der Waals surface area contributed by atoms with Gasteiger partial charge in [0.1, 0.15) is 0 Å². The number of hydrogen-bond donors (Lipinski definition) is 1. The highest BCUT2D eigenvalue weighted by Crippen LogP contribution is 2.19. The predicted octanol–water partition coefficient (Wildman–Crippen LogP) is 3.41. The van der Waals surface area contributed by atoms with E-state index < -0.39 is 5.91 Å². The number of nitrogens with one attached hydrogen (secondary N) is 1.